The molecule has 0 aromatic rings. The second-order valence-corrected chi connectivity index (χ2v) is 4.77. The van der Waals surface area contributed by atoms with Crippen molar-refractivity contribution in [1.29, 1.82) is 0 Å². The normalized spacial score (nSPS) is 30.3. The summed E-state index contributed by atoms with van der Waals surface area (Å²) in [4.78, 5) is 0. The van der Waals surface area contributed by atoms with Crippen LogP contribution in [0.1, 0.15) is 39.0 Å². The molecular formula is C10H19N. The van der Waals surface area contributed by atoms with Crippen molar-refractivity contribution < 1.29 is 0 Å². The van der Waals surface area contributed by atoms with Gasteiger partial charge in [0.05, 0.1) is 0 Å². The predicted octanol–water partition coefficient (Wildman–Crippen LogP) is 2.18. The zero-order valence-electron chi connectivity index (χ0n) is 7.53. The third-order valence-corrected chi connectivity index (χ3v) is 3.36. The molecule has 2 rings (SSSR count). The van der Waals surface area contributed by atoms with Gasteiger partial charge in [-0.05, 0) is 17.8 Å². The van der Waals surface area contributed by atoms with Gasteiger partial charge in [0.15, 0.2) is 0 Å². The zero-order chi connectivity index (χ0) is 7.73. The summed E-state index contributed by atoms with van der Waals surface area (Å²) in [7, 11) is 0. The van der Waals surface area contributed by atoms with Crippen LogP contribution in [-0.4, -0.2) is 13.1 Å². The lowest BCUT2D eigenvalue weighted by Crippen LogP contribution is -2.52. The Morgan fingerprint density at radius 3 is 2.36 bits per heavy atom. The summed E-state index contributed by atoms with van der Waals surface area (Å²) < 4.78 is 0. The lowest BCUT2D eigenvalue weighted by Gasteiger charge is -2.41. The quantitative estimate of drug-likeness (QED) is 0.641. The average Bonchev–Trinajstić information content (AvgIpc) is 2.36. The van der Waals surface area contributed by atoms with Crippen LogP contribution >= 0.6 is 0 Å². The summed E-state index contributed by atoms with van der Waals surface area (Å²) in [5, 5.41) is 3.38. The Morgan fingerprint density at radius 1 is 1.27 bits per heavy atom. The molecule has 0 amide bonds. The minimum absolute atomic E-state index is 0.676. The van der Waals surface area contributed by atoms with Crippen LogP contribution in [0, 0.1) is 11.3 Å². The number of nitrogens with one attached hydrogen (secondary N) is 1. The fraction of sp³-hybridized carbons (Fsp3) is 1.00. The van der Waals surface area contributed by atoms with Crippen molar-refractivity contribution in [3.05, 3.63) is 0 Å². The molecule has 1 saturated heterocycles. The molecule has 11 heavy (non-hydrogen) atoms. The first kappa shape index (κ1) is 7.60. The summed E-state index contributed by atoms with van der Waals surface area (Å²) in [5.74, 6) is 1.07. The van der Waals surface area contributed by atoms with Crippen LogP contribution in [0.2, 0.25) is 0 Å². The SMILES string of the molecule is CC1(CC2CCCC2)CNC1. The van der Waals surface area contributed by atoms with Crippen LogP contribution in [0.3, 0.4) is 0 Å². The lowest BCUT2D eigenvalue weighted by molar-refractivity contribution is 0.148. The summed E-state index contributed by atoms with van der Waals surface area (Å²) in [6.07, 6.45) is 7.49. The van der Waals surface area contributed by atoms with Gasteiger partial charge in [-0.3, -0.25) is 0 Å². The minimum atomic E-state index is 0.676. The van der Waals surface area contributed by atoms with E-state index in [9.17, 15) is 0 Å². The largest absolute Gasteiger partial charge is 0.316 e. The molecule has 2 aliphatic rings. The van der Waals surface area contributed by atoms with Gasteiger partial charge < -0.3 is 5.32 Å². The molecule has 0 radical (unpaired) electrons. The molecule has 1 aliphatic heterocycles. The fourth-order valence-electron chi connectivity index (χ4n) is 2.61. The topological polar surface area (TPSA) is 12.0 Å². The number of hydrogen-bond acceptors (Lipinski definition) is 1. The van der Waals surface area contributed by atoms with E-state index in [0.29, 0.717) is 5.41 Å². The van der Waals surface area contributed by atoms with Crippen LogP contribution in [0.5, 0.6) is 0 Å². The third kappa shape index (κ3) is 1.58. The highest BCUT2D eigenvalue weighted by Gasteiger charge is 2.34. The Kier molecular flexibility index (Phi) is 1.92. The van der Waals surface area contributed by atoms with Gasteiger partial charge in [0.2, 0.25) is 0 Å². The van der Waals surface area contributed by atoms with E-state index in [4.69, 9.17) is 0 Å². The molecule has 0 aromatic heterocycles. The van der Waals surface area contributed by atoms with Gasteiger partial charge in [0, 0.05) is 13.1 Å². The molecule has 1 aliphatic carbocycles. The average molecular weight is 153 g/mol. The summed E-state index contributed by atoms with van der Waals surface area (Å²) in [6, 6.07) is 0. The Hall–Kier alpha value is -0.0400. The number of rotatable bonds is 2. The molecule has 64 valence electrons. The molecule has 0 unspecified atom stereocenters. The van der Waals surface area contributed by atoms with Crippen LogP contribution in [0.15, 0.2) is 0 Å². The first-order valence-electron chi connectivity index (χ1n) is 4.99. The fourth-order valence-corrected chi connectivity index (χ4v) is 2.61. The molecule has 1 heteroatoms. The van der Waals surface area contributed by atoms with E-state index in [1.54, 1.807) is 0 Å². The third-order valence-electron chi connectivity index (χ3n) is 3.36. The molecule has 0 spiro atoms. The first-order chi connectivity index (χ1) is 5.29. The Labute approximate surface area is 69.6 Å². The van der Waals surface area contributed by atoms with Gasteiger partial charge in [-0.15, -0.1) is 0 Å². The van der Waals surface area contributed by atoms with Crippen molar-refractivity contribution in [2.75, 3.05) is 13.1 Å². The summed E-state index contributed by atoms with van der Waals surface area (Å²) in [6.45, 7) is 4.97. The molecule has 0 atom stereocenters. The van der Waals surface area contributed by atoms with Crippen LogP contribution in [0.25, 0.3) is 0 Å². The lowest BCUT2D eigenvalue weighted by atomic mass is 9.76. The van der Waals surface area contributed by atoms with Crippen LogP contribution in [0.4, 0.5) is 0 Å². The highest BCUT2D eigenvalue weighted by atomic mass is 15.0. The number of hydrogen-bond donors (Lipinski definition) is 1. The Balaban J connectivity index is 1.79. The molecule has 1 nitrogen and oxygen atoms in total. The Morgan fingerprint density at radius 2 is 1.91 bits per heavy atom. The van der Waals surface area contributed by atoms with Gasteiger partial charge in [-0.25, -0.2) is 0 Å². The molecule has 0 bridgehead atoms. The Bertz CT molecular complexity index is 132. The summed E-state index contributed by atoms with van der Waals surface area (Å²) in [5.41, 5.74) is 0.676. The van der Waals surface area contributed by atoms with Gasteiger partial charge >= 0.3 is 0 Å². The monoisotopic (exact) mass is 153 g/mol. The standard InChI is InChI=1S/C10H19N/c1-10(7-11-8-10)6-9-4-2-3-5-9/h9,11H,2-8H2,1H3. The van der Waals surface area contributed by atoms with Gasteiger partial charge in [0.25, 0.3) is 0 Å². The molecule has 2 fully saturated rings. The van der Waals surface area contributed by atoms with Crippen molar-refractivity contribution in [2.24, 2.45) is 11.3 Å². The molecule has 0 aromatic carbocycles. The first-order valence-corrected chi connectivity index (χ1v) is 4.99. The minimum Gasteiger partial charge on any atom is -0.316 e. The van der Waals surface area contributed by atoms with Crippen LogP contribution < -0.4 is 5.32 Å². The van der Waals surface area contributed by atoms with Crippen molar-refractivity contribution in [3.8, 4) is 0 Å². The van der Waals surface area contributed by atoms with Crippen molar-refractivity contribution in [1.82, 2.24) is 5.32 Å². The highest BCUT2D eigenvalue weighted by Crippen LogP contribution is 2.37. The van der Waals surface area contributed by atoms with E-state index in [-0.39, 0.29) is 0 Å². The van der Waals surface area contributed by atoms with Crippen molar-refractivity contribution in [2.45, 2.75) is 39.0 Å². The van der Waals surface area contributed by atoms with Gasteiger partial charge in [-0.1, -0.05) is 32.6 Å². The molecular weight excluding hydrogens is 134 g/mol. The summed E-state index contributed by atoms with van der Waals surface area (Å²) >= 11 is 0. The second kappa shape index (κ2) is 2.78. The van der Waals surface area contributed by atoms with Gasteiger partial charge in [-0.2, -0.15) is 0 Å². The smallest absolute Gasteiger partial charge is 0.00177 e. The van der Waals surface area contributed by atoms with E-state index < -0.39 is 0 Å². The molecule has 1 heterocycles. The van der Waals surface area contributed by atoms with E-state index in [1.165, 1.54) is 45.2 Å². The second-order valence-electron chi connectivity index (χ2n) is 4.77. The maximum absolute atomic E-state index is 3.38. The van der Waals surface area contributed by atoms with Gasteiger partial charge in [0.1, 0.15) is 0 Å². The van der Waals surface area contributed by atoms with Crippen LogP contribution in [-0.2, 0) is 0 Å². The van der Waals surface area contributed by atoms with E-state index >= 15 is 0 Å². The molecule has 1 saturated carbocycles. The van der Waals surface area contributed by atoms with E-state index in [2.05, 4.69) is 12.2 Å². The maximum atomic E-state index is 3.38. The van der Waals surface area contributed by atoms with E-state index in [1.807, 2.05) is 0 Å². The predicted molar refractivity (Wildman–Crippen MR) is 47.6 cm³/mol. The highest BCUT2D eigenvalue weighted by molar-refractivity contribution is 4.90. The van der Waals surface area contributed by atoms with Crippen molar-refractivity contribution in [3.63, 3.8) is 0 Å². The molecule has 1 N–H and O–H groups in total. The van der Waals surface area contributed by atoms with Crippen molar-refractivity contribution >= 4 is 0 Å². The van der Waals surface area contributed by atoms with E-state index in [0.717, 1.165) is 5.92 Å². The maximum Gasteiger partial charge on any atom is 0.00177 e. The zero-order valence-corrected chi connectivity index (χ0v) is 7.53.